The van der Waals surface area contributed by atoms with Gasteiger partial charge >= 0.3 is 0 Å². The highest BCUT2D eigenvalue weighted by Crippen LogP contribution is 2.29. The van der Waals surface area contributed by atoms with Gasteiger partial charge in [0.25, 0.3) is 0 Å². The van der Waals surface area contributed by atoms with Crippen LogP contribution in [0.1, 0.15) is 6.42 Å². The van der Waals surface area contributed by atoms with Crippen molar-refractivity contribution in [2.24, 2.45) is 0 Å². The van der Waals surface area contributed by atoms with Gasteiger partial charge in [-0.3, -0.25) is 10.1 Å². The monoisotopic (exact) mass is 320 g/mol. The zero-order chi connectivity index (χ0) is 17.1. The lowest BCUT2D eigenvalue weighted by molar-refractivity contribution is -0.115. The number of pyridine rings is 1. The normalized spacial score (nSPS) is 10.4. The molecule has 0 spiro atoms. The SMILES string of the molecule is CN(C)c1ccccc1-c1ccc2nc(NC(=O)CC#N)nn2c1. The Morgan fingerprint density at radius 2 is 2.08 bits per heavy atom. The number of nitrogens with zero attached hydrogens (tertiary/aromatic N) is 5. The van der Waals surface area contributed by atoms with Crippen LogP contribution in [0.3, 0.4) is 0 Å². The van der Waals surface area contributed by atoms with Crippen molar-refractivity contribution >= 4 is 23.2 Å². The first-order valence-corrected chi connectivity index (χ1v) is 7.38. The van der Waals surface area contributed by atoms with Gasteiger partial charge in [-0.15, -0.1) is 5.10 Å². The Morgan fingerprint density at radius 1 is 1.29 bits per heavy atom. The van der Waals surface area contributed by atoms with Gasteiger partial charge in [-0.05, 0) is 18.2 Å². The molecule has 24 heavy (non-hydrogen) atoms. The largest absolute Gasteiger partial charge is 0.377 e. The number of para-hydroxylation sites is 1. The number of amides is 1. The van der Waals surface area contributed by atoms with E-state index in [0.29, 0.717) is 5.65 Å². The molecule has 0 saturated heterocycles. The van der Waals surface area contributed by atoms with Crippen LogP contribution in [0.4, 0.5) is 11.6 Å². The molecule has 1 N–H and O–H groups in total. The van der Waals surface area contributed by atoms with Crippen molar-refractivity contribution in [3.05, 3.63) is 42.6 Å². The first kappa shape index (κ1) is 15.5. The lowest BCUT2D eigenvalue weighted by Gasteiger charge is -2.17. The van der Waals surface area contributed by atoms with Gasteiger partial charge in [0.1, 0.15) is 6.42 Å². The highest BCUT2D eigenvalue weighted by atomic mass is 16.1. The molecule has 3 rings (SSSR count). The quantitative estimate of drug-likeness (QED) is 0.797. The van der Waals surface area contributed by atoms with Gasteiger partial charge < -0.3 is 4.90 Å². The summed E-state index contributed by atoms with van der Waals surface area (Å²) in [6, 6.07) is 13.7. The maximum Gasteiger partial charge on any atom is 0.249 e. The van der Waals surface area contributed by atoms with Crippen LogP contribution in [-0.4, -0.2) is 34.6 Å². The Kier molecular flexibility index (Phi) is 4.12. The van der Waals surface area contributed by atoms with Crippen LogP contribution in [0, 0.1) is 11.3 Å². The summed E-state index contributed by atoms with van der Waals surface area (Å²) in [5.74, 6) is -0.236. The van der Waals surface area contributed by atoms with E-state index in [2.05, 4.69) is 26.4 Å². The Bertz CT molecular complexity index is 938. The van der Waals surface area contributed by atoms with E-state index < -0.39 is 5.91 Å². The fourth-order valence-corrected chi connectivity index (χ4v) is 2.44. The molecule has 120 valence electrons. The molecule has 7 nitrogen and oxygen atoms in total. The minimum Gasteiger partial charge on any atom is -0.377 e. The van der Waals surface area contributed by atoms with Crippen molar-refractivity contribution in [2.75, 3.05) is 24.3 Å². The molecule has 0 fully saturated rings. The smallest absolute Gasteiger partial charge is 0.249 e. The molecular weight excluding hydrogens is 304 g/mol. The molecule has 0 atom stereocenters. The molecule has 0 saturated carbocycles. The zero-order valence-corrected chi connectivity index (χ0v) is 13.4. The van der Waals surface area contributed by atoms with Crippen LogP contribution in [-0.2, 0) is 4.79 Å². The predicted octanol–water partition coefficient (Wildman–Crippen LogP) is 2.31. The summed E-state index contributed by atoms with van der Waals surface area (Å²) in [5, 5.41) is 15.3. The molecular formula is C17H16N6O. The highest BCUT2D eigenvalue weighted by molar-refractivity contribution is 5.90. The van der Waals surface area contributed by atoms with Crippen molar-refractivity contribution < 1.29 is 4.79 Å². The van der Waals surface area contributed by atoms with E-state index in [1.807, 2.05) is 50.6 Å². The second kappa shape index (κ2) is 6.38. The van der Waals surface area contributed by atoms with E-state index in [9.17, 15) is 4.79 Å². The van der Waals surface area contributed by atoms with Crippen molar-refractivity contribution in [1.82, 2.24) is 14.6 Å². The standard InChI is InChI=1S/C17H16N6O/c1-22(2)14-6-4-3-5-13(14)12-7-8-15-19-17(21-23(15)11-12)20-16(24)9-10-18/h3-8,11H,9H2,1-2H3,(H,20,21,24). The molecule has 2 aromatic heterocycles. The van der Waals surface area contributed by atoms with Crippen molar-refractivity contribution in [3.8, 4) is 17.2 Å². The van der Waals surface area contributed by atoms with Crippen LogP contribution in [0.5, 0.6) is 0 Å². The van der Waals surface area contributed by atoms with Gasteiger partial charge in [0.2, 0.25) is 11.9 Å². The second-order valence-corrected chi connectivity index (χ2v) is 5.45. The zero-order valence-electron chi connectivity index (χ0n) is 13.4. The molecule has 1 aromatic carbocycles. The lowest BCUT2D eigenvalue weighted by Crippen LogP contribution is -2.11. The molecule has 0 aliphatic rings. The number of hydrogen-bond donors (Lipinski definition) is 1. The van der Waals surface area contributed by atoms with Crippen molar-refractivity contribution in [3.63, 3.8) is 0 Å². The Hall–Kier alpha value is -3.40. The molecule has 2 heterocycles. The fourth-order valence-electron chi connectivity index (χ4n) is 2.44. The number of carbonyl (C=O) groups excluding carboxylic acids is 1. The summed E-state index contributed by atoms with van der Waals surface area (Å²) < 4.78 is 1.61. The Labute approximate surface area is 139 Å². The lowest BCUT2D eigenvalue weighted by atomic mass is 10.1. The Balaban J connectivity index is 1.98. The minimum absolute atomic E-state index is 0.188. The molecule has 0 aliphatic carbocycles. The van der Waals surface area contributed by atoms with Crippen LogP contribution < -0.4 is 10.2 Å². The van der Waals surface area contributed by atoms with Crippen LogP contribution in [0.25, 0.3) is 16.8 Å². The van der Waals surface area contributed by atoms with Crippen LogP contribution in [0.15, 0.2) is 42.6 Å². The maximum atomic E-state index is 11.5. The van der Waals surface area contributed by atoms with Gasteiger partial charge in [-0.25, -0.2) is 4.52 Å². The maximum absolute atomic E-state index is 11.5. The third-order valence-electron chi connectivity index (χ3n) is 3.52. The molecule has 0 bridgehead atoms. The number of benzene rings is 1. The molecule has 1 amide bonds. The number of anilines is 2. The third-order valence-corrected chi connectivity index (χ3v) is 3.52. The summed E-state index contributed by atoms with van der Waals surface area (Å²) in [5.41, 5.74) is 3.79. The molecule has 0 radical (unpaired) electrons. The molecule has 0 aliphatic heterocycles. The van der Waals surface area contributed by atoms with Gasteiger partial charge in [-0.1, -0.05) is 18.2 Å². The number of nitriles is 1. The summed E-state index contributed by atoms with van der Waals surface area (Å²) >= 11 is 0. The third kappa shape index (κ3) is 3.03. The van der Waals surface area contributed by atoms with Crippen molar-refractivity contribution in [2.45, 2.75) is 6.42 Å². The number of hydrogen-bond acceptors (Lipinski definition) is 5. The summed E-state index contributed by atoms with van der Waals surface area (Å²) in [6.07, 6.45) is 1.64. The average molecular weight is 320 g/mol. The number of rotatable bonds is 4. The second-order valence-electron chi connectivity index (χ2n) is 5.45. The van der Waals surface area contributed by atoms with E-state index in [0.717, 1.165) is 16.8 Å². The molecule has 3 aromatic rings. The summed E-state index contributed by atoms with van der Waals surface area (Å²) in [7, 11) is 3.99. The van der Waals surface area contributed by atoms with Crippen molar-refractivity contribution in [1.29, 1.82) is 5.26 Å². The van der Waals surface area contributed by atoms with E-state index in [-0.39, 0.29) is 12.4 Å². The minimum atomic E-state index is -0.424. The summed E-state index contributed by atoms with van der Waals surface area (Å²) in [6.45, 7) is 0. The van der Waals surface area contributed by atoms with Gasteiger partial charge in [0, 0.05) is 37.1 Å². The van der Waals surface area contributed by atoms with Gasteiger partial charge in [0.15, 0.2) is 5.65 Å². The topological polar surface area (TPSA) is 86.3 Å². The van der Waals surface area contributed by atoms with E-state index in [4.69, 9.17) is 5.26 Å². The summed E-state index contributed by atoms with van der Waals surface area (Å²) in [4.78, 5) is 17.7. The predicted molar refractivity (Wildman–Crippen MR) is 91.6 cm³/mol. The first-order chi connectivity index (χ1) is 11.6. The number of nitrogens with one attached hydrogen (secondary N) is 1. The Morgan fingerprint density at radius 3 is 2.83 bits per heavy atom. The number of fused-ring (bicyclic) bond motifs is 1. The van der Waals surface area contributed by atoms with Crippen LogP contribution >= 0.6 is 0 Å². The van der Waals surface area contributed by atoms with E-state index in [1.165, 1.54) is 0 Å². The highest BCUT2D eigenvalue weighted by Gasteiger charge is 2.10. The first-order valence-electron chi connectivity index (χ1n) is 7.38. The van der Waals surface area contributed by atoms with Gasteiger partial charge in [-0.2, -0.15) is 10.2 Å². The van der Waals surface area contributed by atoms with E-state index >= 15 is 0 Å². The number of carbonyl (C=O) groups is 1. The van der Waals surface area contributed by atoms with Gasteiger partial charge in [0.05, 0.1) is 6.07 Å². The molecule has 7 heteroatoms. The van der Waals surface area contributed by atoms with Crippen LogP contribution in [0.2, 0.25) is 0 Å². The average Bonchev–Trinajstić information content (AvgIpc) is 2.96. The van der Waals surface area contributed by atoms with E-state index in [1.54, 1.807) is 10.6 Å². The molecule has 0 unspecified atom stereocenters. The fraction of sp³-hybridized carbons (Fsp3) is 0.176. The number of aromatic nitrogens is 3.